The van der Waals surface area contributed by atoms with Gasteiger partial charge in [0, 0.05) is 6.42 Å². The predicted octanol–water partition coefficient (Wildman–Crippen LogP) is 5.07. The second kappa shape index (κ2) is 8.38. The number of benzene rings is 1. The van der Waals surface area contributed by atoms with Gasteiger partial charge in [-0.05, 0) is 49.7 Å². The minimum Gasteiger partial charge on any atom is -0.0941 e. The van der Waals surface area contributed by atoms with E-state index in [-0.39, 0.29) is 0 Å². The number of hydrogen-bond acceptors (Lipinski definition) is 0. The van der Waals surface area contributed by atoms with Crippen LogP contribution < -0.4 is 0 Å². The van der Waals surface area contributed by atoms with Crippen molar-refractivity contribution >= 4 is 0 Å². The Balaban J connectivity index is 1.64. The van der Waals surface area contributed by atoms with Crippen LogP contribution in [0.25, 0.3) is 0 Å². The first-order valence-electron chi connectivity index (χ1n) is 7.32. The average Bonchev–Trinajstić information content (AvgIpc) is 2.48. The Morgan fingerprint density at radius 2 is 1.95 bits per heavy atom. The summed E-state index contributed by atoms with van der Waals surface area (Å²) in [5.74, 6) is 6.54. The van der Waals surface area contributed by atoms with Crippen molar-refractivity contribution < 1.29 is 0 Å². The minimum atomic E-state index is 0.881. The van der Waals surface area contributed by atoms with Crippen LogP contribution in [0.3, 0.4) is 0 Å². The monoisotopic (exact) mass is 250 g/mol. The molecule has 19 heavy (non-hydrogen) atoms. The maximum absolute atomic E-state index is 3.29. The molecule has 1 aromatic rings. The summed E-state index contributed by atoms with van der Waals surface area (Å²) in [4.78, 5) is 0. The molecule has 0 heteroatoms. The Kier molecular flexibility index (Phi) is 6.03. The maximum Gasteiger partial charge on any atom is 0.0273 e. The maximum atomic E-state index is 3.29. The van der Waals surface area contributed by atoms with Crippen LogP contribution in [0.4, 0.5) is 0 Å². The summed E-state index contributed by atoms with van der Waals surface area (Å²) in [6.07, 6.45) is 14.9. The third-order valence-electron chi connectivity index (χ3n) is 3.37. The standard InChI is InChI=1S/C19H22/c1(2-6-12-18-14-8-4-9-15-18)3-7-13-19-16-10-5-11-17-19/h1-2,4,8-9,14-16H,3,5-6,10-12,17H2/b2-1-. The summed E-state index contributed by atoms with van der Waals surface area (Å²) >= 11 is 0. The molecule has 0 spiro atoms. The second-order valence-electron chi connectivity index (χ2n) is 4.98. The highest BCUT2D eigenvalue weighted by Gasteiger charge is 1.98. The van der Waals surface area contributed by atoms with E-state index in [0.717, 1.165) is 19.3 Å². The van der Waals surface area contributed by atoms with Gasteiger partial charge in [-0.3, -0.25) is 0 Å². The molecule has 0 radical (unpaired) electrons. The van der Waals surface area contributed by atoms with E-state index < -0.39 is 0 Å². The number of rotatable bonds is 4. The van der Waals surface area contributed by atoms with Gasteiger partial charge < -0.3 is 0 Å². The summed E-state index contributed by atoms with van der Waals surface area (Å²) in [6, 6.07) is 10.6. The van der Waals surface area contributed by atoms with Gasteiger partial charge in [0.1, 0.15) is 0 Å². The Bertz CT molecular complexity index is 480. The molecule has 1 aromatic carbocycles. The van der Waals surface area contributed by atoms with Gasteiger partial charge in [0.25, 0.3) is 0 Å². The molecule has 0 fully saturated rings. The smallest absolute Gasteiger partial charge is 0.0273 e. The van der Waals surface area contributed by atoms with E-state index in [1.54, 1.807) is 0 Å². The third kappa shape index (κ3) is 5.62. The molecule has 2 rings (SSSR count). The molecule has 0 nitrogen and oxygen atoms in total. The summed E-state index contributed by atoms with van der Waals surface area (Å²) in [6.45, 7) is 0. The van der Waals surface area contributed by atoms with Crippen molar-refractivity contribution in [2.24, 2.45) is 0 Å². The molecule has 0 aliphatic heterocycles. The van der Waals surface area contributed by atoms with Gasteiger partial charge in [0.05, 0.1) is 0 Å². The van der Waals surface area contributed by atoms with Crippen molar-refractivity contribution in [2.75, 3.05) is 0 Å². The van der Waals surface area contributed by atoms with Gasteiger partial charge in [-0.25, -0.2) is 0 Å². The van der Waals surface area contributed by atoms with Crippen LogP contribution in [0.1, 0.15) is 44.1 Å². The molecule has 0 saturated heterocycles. The van der Waals surface area contributed by atoms with E-state index in [0.29, 0.717) is 0 Å². The highest BCUT2D eigenvalue weighted by atomic mass is 14.0. The van der Waals surface area contributed by atoms with Crippen LogP contribution in [0.15, 0.2) is 54.1 Å². The zero-order chi connectivity index (χ0) is 13.2. The molecule has 0 heterocycles. The van der Waals surface area contributed by atoms with Crippen LogP contribution >= 0.6 is 0 Å². The van der Waals surface area contributed by atoms with E-state index >= 15 is 0 Å². The van der Waals surface area contributed by atoms with Gasteiger partial charge in [-0.1, -0.05) is 60.4 Å². The van der Waals surface area contributed by atoms with Crippen molar-refractivity contribution in [1.82, 2.24) is 0 Å². The van der Waals surface area contributed by atoms with Gasteiger partial charge >= 0.3 is 0 Å². The van der Waals surface area contributed by atoms with E-state index in [4.69, 9.17) is 0 Å². The average molecular weight is 250 g/mol. The first kappa shape index (κ1) is 13.7. The molecule has 0 N–H and O–H groups in total. The van der Waals surface area contributed by atoms with Crippen LogP contribution in [0.2, 0.25) is 0 Å². The van der Waals surface area contributed by atoms with E-state index in [9.17, 15) is 0 Å². The Labute approximate surface area is 117 Å². The van der Waals surface area contributed by atoms with Gasteiger partial charge in [0.15, 0.2) is 0 Å². The summed E-state index contributed by atoms with van der Waals surface area (Å²) in [5.41, 5.74) is 2.76. The fourth-order valence-corrected chi connectivity index (χ4v) is 2.27. The van der Waals surface area contributed by atoms with Crippen LogP contribution in [0, 0.1) is 11.8 Å². The number of allylic oxidation sites excluding steroid dienone is 4. The molecular weight excluding hydrogens is 228 g/mol. The fraction of sp³-hybridized carbons (Fsp3) is 0.368. The van der Waals surface area contributed by atoms with Crippen molar-refractivity contribution in [3.8, 4) is 11.8 Å². The highest BCUT2D eigenvalue weighted by molar-refractivity contribution is 5.30. The molecule has 0 amide bonds. The highest BCUT2D eigenvalue weighted by Crippen LogP contribution is 2.16. The predicted molar refractivity (Wildman–Crippen MR) is 82.8 cm³/mol. The van der Waals surface area contributed by atoms with Gasteiger partial charge in [0.2, 0.25) is 0 Å². The number of aryl methyl sites for hydroxylation is 1. The lowest BCUT2D eigenvalue weighted by atomic mass is 10.00. The normalized spacial score (nSPS) is 14.8. The summed E-state index contributed by atoms with van der Waals surface area (Å²) in [5, 5.41) is 0. The van der Waals surface area contributed by atoms with Crippen LogP contribution in [-0.2, 0) is 6.42 Å². The quantitative estimate of drug-likeness (QED) is 0.517. The largest absolute Gasteiger partial charge is 0.0941 e. The summed E-state index contributed by atoms with van der Waals surface area (Å²) < 4.78 is 0. The van der Waals surface area contributed by atoms with Crippen molar-refractivity contribution in [1.29, 1.82) is 0 Å². The van der Waals surface area contributed by atoms with Gasteiger partial charge in [-0.2, -0.15) is 0 Å². The zero-order valence-electron chi connectivity index (χ0n) is 11.6. The Hall–Kier alpha value is -1.74. The first-order chi connectivity index (χ1) is 9.45. The second-order valence-corrected chi connectivity index (χ2v) is 4.98. The van der Waals surface area contributed by atoms with E-state index in [1.807, 2.05) is 0 Å². The van der Waals surface area contributed by atoms with Crippen molar-refractivity contribution in [3.63, 3.8) is 0 Å². The molecular formula is C19H22. The number of hydrogen-bond donors (Lipinski definition) is 0. The lowest BCUT2D eigenvalue weighted by molar-refractivity contribution is 0.715. The lowest BCUT2D eigenvalue weighted by Crippen LogP contribution is -1.88. The van der Waals surface area contributed by atoms with E-state index in [2.05, 4.69) is 60.4 Å². The van der Waals surface area contributed by atoms with Gasteiger partial charge in [-0.15, -0.1) is 0 Å². The lowest BCUT2D eigenvalue weighted by Gasteiger charge is -2.05. The van der Waals surface area contributed by atoms with E-state index in [1.165, 1.54) is 36.8 Å². The molecule has 0 saturated carbocycles. The first-order valence-corrected chi connectivity index (χ1v) is 7.32. The van der Waals surface area contributed by atoms with Crippen molar-refractivity contribution in [3.05, 3.63) is 59.7 Å². The Morgan fingerprint density at radius 3 is 2.74 bits per heavy atom. The molecule has 1 aliphatic rings. The minimum absolute atomic E-state index is 0.881. The van der Waals surface area contributed by atoms with Crippen LogP contribution in [0.5, 0.6) is 0 Å². The molecule has 1 aliphatic carbocycles. The molecule has 0 bridgehead atoms. The summed E-state index contributed by atoms with van der Waals surface area (Å²) in [7, 11) is 0. The SMILES string of the molecule is C(#CC1=CCCCC1)C/C=C\CCc1ccccc1. The van der Waals surface area contributed by atoms with Crippen molar-refractivity contribution in [2.45, 2.75) is 44.9 Å². The zero-order valence-corrected chi connectivity index (χ0v) is 11.6. The topological polar surface area (TPSA) is 0 Å². The molecule has 0 unspecified atom stereocenters. The Morgan fingerprint density at radius 1 is 1.05 bits per heavy atom. The molecule has 0 aromatic heterocycles. The fourth-order valence-electron chi connectivity index (χ4n) is 2.27. The molecule has 98 valence electrons. The molecule has 0 atom stereocenters. The van der Waals surface area contributed by atoms with Crippen LogP contribution in [-0.4, -0.2) is 0 Å². The third-order valence-corrected chi connectivity index (χ3v) is 3.37.